The minimum absolute atomic E-state index is 0.000947. The number of esters is 2. The van der Waals surface area contributed by atoms with Crippen LogP contribution < -0.4 is 0 Å². The van der Waals surface area contributed by atoms with Gasteiger partial charge in [0.05, 0.1) is 0 Å². The first-order valence-corrected chi connectivity index (χ1v) is 15.6. The van der Waals surface area contributed by atoms with Crippen molar-refractivity contribution < 1.29 is 19.1 Å². The zero-order chi connectivity index (χ0) is 28.1. The summed E-state index contributed by atoms with van der Waals surface area (Å²) in [5.74, 6) is 2.55. The lowest BCUT2D eigenvalue weighted by Crippen LogP contribution is -2.67. The Morgan fingerprint density at radius 2 is 1.39 bits per heavy atom. The average molecular weight is 527 g/mol. The Bertz CT molecular complexity index is 1030. The number of carbonyl (C=O) groups excluding carboxylic acids is 2. The second kappa shape index (κ2) is 8.84. The van der Waals surface area contributed by atoms with E-state index in [4.69, 9.17) is 9.47 Å². The molecule has 5 rings (SSSR count). The van der Waals surface area contributed by atoms with Crippen LogP contribution in [-0.2, 0) is 19.1 Å². The highest BCUT2D eigenvalue weighted by molar-refractivity contribution is 5.66. The molecule has 38 heavy (non-hydrogen) atoms. The zero-order valence-corrected chi connectivity index (χ0v) is 25.9. The molecule has 0 spiro atoms. The van der Waals surface area contributed by atoms with Gasteiger partial charge in [0, 0.05) is 24.7 Å². The van der Waals surface area contributed by atoms with Crippen LogP contribution in [0.1, 0.15) is 121 Å². The highest BCUT2D eigenvalue weighted by atomic mass is 16.5. The van der Waals surface area contributed by atoms with Crippen molar-refractivity contribution in [1.29, 1.82) is 0 Å². The Morgan fingerprint density at radius 3 is 2.03 bits per heavy atom. The van der Waals surface area contributed by atoms with Crippen molar-refractivity contribution in [3.8, 4) is 0 Å². The van der Waals surface area contributed by atoms with E-state index in [-0.39, 0.29) is 51.2 Å². The Balaban J connectivity index is 1.59. The minimum atomic E-state index is -0.150. The maximum Gasteiger partial charge on any atom is 0.302 e. The number of allylic oxidation sites excluding steroid dienone is 2. The smallest absolute Gasteiger partial charge is 0.302 e. The number of hydrogen-bond donors (Lipinski definition) is 0. The molecule has 0 aromatic heterocycles. The molecule has 0 saturated heterocycles. The third-order valence-corrected chi connectivity index (χ3v) is 14.0. The van der Waals surface area contributed by atoms with Crippen LogP contribution in [-0.4, -0.2) is 24.1 Å². The molecule has 0 bridgehead atoms. The fourth-order valence-corrected chi connectivity index (χ4v) is 11.6. The highest BCUT2D eigenvalue weighted by Crippen LogP contribution is 2.76. The van der Waals surface area contributed by atoms with Crippen LogP contribution in [0.5, 0.6) is 0 Å². The maximum atomic E-state index is 12.4. The van der Waals surface area contributed by atoms with Gasteiger partial charge in [0.25, 0.3) is 0 Å². The molecule has 4 heteroatoms. The summed E-state index contributed by atoms with van der Waals surface area (Å²) >= 11 is 0. The first kappa shape index (κ1) is 28.2. The van der Waals surface area contributed by atoms with Crippen LogP contribution in [0, 0.1) is 56.7 Å². The summed E-state index contributed by atoms with van der Waals surface area (Å²) in [6.45, 7) is 22.9. The van der Waals surface area contributed by atoms with Gasteiger partial charge in [-0.1, -0.05) is 67.0 Å². The molecule has 0 aliphatic heterocycles. The minimum Gasteiger partial charge on any atom is -0.462 e. The molecule has 0 amide bonds. The standard InChI is InChI=1S/C34H54O4/c1-20-13-16-32(8)28(38-23(4)36)19-34(10)24(29(32)21(20)2)11-12-26-31(7)17-15-27(37-22(3)35)30(5,6)25(31)14-18-33(26,34)9/h11,20-21,25-29H,12-19H2,1-10H3/t20-,21-,25+,26-,27+,28-,29-,31+,32+,33+,34-/m0/s1. The molecule has 11 atom stereocenters. The summed E-state index contributed by atoms with van der Waals surface area (Å²) in [5, 5.41) is 0. The van der Waals surface area contributed by atoms with E-state index in [0.29, 0.717) is 29.6 Å². The quantitative estimate of drug-likeness (QED) is 0.269. The Kier molecular flexibility index (Phi) is 6.56. The third kappa shape index (κ3) is 3.66. The number of fused-ring (bicyclic) bond motifs is 7. The topological polar surface area (TPSA) is 52.6 Å². The summed E-state index contributed by atoms with van der Waals surface area (Å²) in [5.41, 5.74) is 2.02. The molecule has 4 saturated carbocycles. The van der Waals surface area contributed by atoms with Gasteiger partial charge in [0.1, 0.15) is 12.2 Å². The molecule has 4 nitrogen and oxygen atoms in total. The third-order valence-electron chi connectivity index (χ3n) is 14.0. The first-order valence-electron chi connectivity index (χ1n) is 15.6. The van der Waals surface area contributed by atoms with E-state index in [9.17, 15) is 9.59 Å². The fraction of sp³-hybridized carbons (Fsp3) is 0.882. The van der Waals surface area contributed by atoms with Crippen LogP contribution in [0.2, 0.25) is 0 Å². The summed E-state index contributed by atoms with van der Waals surface area (Å²) in [4.78, 5) is 24.4. The van der Waals surface area contributed by atoms with E-state index in [2.05, 4.69) is 61.5 Å². The predicted molar refractivity (Wildman–Crippen MR) is 151 cm³/mol. The van der Waals surface area contributed by atoms with Gasteiger partial charge >= 0.3 is 11.9 Å². The van der Waals surface area contributed by atoms with E-state index in [0.717, 1.165) is 32.1 Å². The molecule has 0 radical (unpaired) electrons. The molecule has 0 aromatic carbocycles. The SMILES string of the molecule is CC(=O)O[C@H]1C[C@@]2(C)C(=CC[C@H]3[C@]4(C)CC[C@@H](OC(C)=O)C(C)(C)[C@H]4CC[C@]32C)[C@@H]2[C@@H](C)[C@@H](C)CC[C@]12C. The summed E-state index contributed by atoms with van der Waals surface area (Å²) in [7, 11) is 0. The molecule has 214 valence electrons. The van der Waals surface area contributed by atoms with Gasteiger partial charge in [-0.05, 0) is 97.2 Å². The van der Waals surface area contributed by atoms with Crippen molar-refractivity contribution in [2.45, 2.75) is 133 Å². The van der Waals surface area contributed by atoms with Crippen LogP contribution in [0.25, 0.3) is 0 Å². The lowest BCUT2D eigenvalue weighted by molar-refractivity contribution is -0.224. The average Bonchev–Trinajstić information content (AvgIpc) is 2.79. The Morgan fingerprint density at radius 1 is 0.789 bits per heavy atom. The van der Waals surface area contributed by atoms with Crippen LogP contribution in [0.4, 0.5) is 0 Å². The maximum absolute atomic E-state index is 12.4. The second-order valence-corrected chi connectivity index (χ2v) is 15.9. The first-order chi connectivity index (χ1) is 17.5. The van der Waals surface area contributed by atoms with Crippen LogP contribution >= 0.6 is 0 Å². The lowest BCUT2D eigenvalue weighted by atomic mass is 9.33. The molecular weight excluding hydrogens is 472 g/mol. The van der Waals surface area contributed by atoms with Crippen LogP contribution in [0.3, 0.4) is 0 Å². The van der Waals surface area contributed by atoms with E-state index in [1.807, 2.05) is 0 Å². The largest absolute Gasteiger partial charge is 0.462 e. The van der Waals surface area contributed by atoms with E-state index in [1.54, 1.807) is 19.4 Å². The second-order valence-electron chi connectivity index (χ2n) is 15.9. The van der Waals surface area contributed by atoms with Gasteiger partial charge in [0.2, 0.25) is 0 Å². The predicted octanol–water partition coefficient (Wildman–Crippen LogP) is 8.14. The summed E-state index contributed by atoms with van der Waals surface area (Å²) in [6, 6.07) is 0. The molecule has 0 unspecified atom stereocenters. The molecule has 4 fully saturated rings. The molecular formula is C34H54O4. The van der Waals surface area contributed by atoms with Gasteiger partial charge in [-0.2, -0.15) is 0 Å². The number of rotatable bonds is 2. The van der Waals surface area contributed by atoms with Crippen LogP contribution in [0.15, 0.2) is 11.6 Å². The van der Waals surface area contributed by atoms with Gasteiger partial charge in [-0.15, -0.1) is 0 Å². The van der Waals surface area contributed by atoms with E-state index in [1.165, 1.54) is 19.3 Å². The Hall–Kier alpha value is -1.32. The van der Waals surface area contributed by atoms with E-state index >= 15 is 0 Å². The van der Waals surface area contributed by atoms with Gasteiger partial charge in [-0.3, -0.25) is 9.59 Å². The molecule has 5 aliphatic carbocycles. The van der Waals surface area contributed by atoms with Crippen molar-refractivity contribution in [2.75, 3.05) is 0 Å². The summed E-state index contributed by atoms with van der Waals surface area (Å²) in [6.07, 6.45) is 11.5. The molecule has 0 N–H and O–H groups in total. The Labute approximate surface area is 232 Å². The fourth-order valence-electron chi connectivity index (χ4n) is 11.6. The van der Waals surface area contributed by atoms with Crippen molar-refractivity contribution in [3.63, 3.8) is 0 Å². The van der Waals surface area contributed by atoms with Crippen molar-refractivity contribution >= 4 is 11.9 Å². The monoisotopic (exact) mass is 526 g/mol. The van der Waals surface area contributed by atoms with Crippen molar-refractivity contribution in [3.05, 3.63) is 11.6 Å². The van der Waals surface area contributed by atoms with E-state index < -0.39 is 0 Å². The number of ether oxygens (including phenoxy) is 2. The molecule has 0 heterocycles. The molecule has 5 aliphatic rings. The zero-order valence-electron chi connectivity index (χ0n) is 25.9. The van der Waals surface area contributed by atoms with Crippen molar-refractivity contribution in [1.82, 2.24) is 0 Å². The number of carbonyl (C=O) groups is 2. The lowest BCUT2D eigenvalue weighted by Gasteiger charge is -2.72. The number of hydrogen-bond acceptors (Lipinski definition) is 4. The van der Waals surface area contributed by atoms with Gasteiger partial charge in [-0.25, -0.2) is 0 Å². The summed E-state index contributed by atoms with van der Waals surface area (Å²) < 4.78 is 12.2. The van der Waals surface area contributed by atoms with Gasteiger partial charge < -0.3 is 9.47 Å². The normalized spacial score (nSPS) is 51.3. The van der Waals surface area contributed by atoms with Gasteiger partial charge in [0.15, 0.2) is 0 Å². The highest BCUT2D eigenvalue weighted by Gasteiger charge is 2.70. The molecule has 0 aromatic rings. The van der Waals surface area contributed by atoms with Crippen molar-refractivity contribution in [2.24, 2.45) is 56.7 Å².